The summed E-state index contributed by atoms with van der Waals surface area (Å²) < 4.78 is 33.3. The Hall–Kier alpha value is -2.54. The predicted octanol–water partition coefficient (Wildman–Crippen LogP) is 3.51. The molecule has 3 rings (SSSR count). The molecule has 7 heteroatoms. The third-order valence-electron chi connectivity index (χ3n) is 4.81. The second-order valence-electron chi connectivity index (χ2n) is 6.68. The van der Waals surface area contributed by atoms with E-state index in [0.29, 0.717) is 23.5 Å². The van der Waals surface area contributed by atoms with Crippen LogP contribution < -0.4 is 9.46 Å². The van der Waals surface area contributed by atoms with Crippen LogP contribution in [0.2, 0.25) is 0 Å². The zero-order valence-corrected chi connectivity index (χ0v) is 16.3. The van der Waals surface area contributed by atoms with Gasteiger partial charge < -0.3 is 9.64 Å². The first-order valence-corrected chi connectivity index (χ1v) is 10.5. The van der Waals surface area contributed by atoms with E-state index in [0.717, 1.165) is 19.3 Å². The number of likely N-dealkylation sites (tertiary alicyclic amines) is 1. The van der Waals surface area contributed by atoms with Crippen molar-refractivity contribution in [2.45, 2.75) is 37.1 Å². The van der Waals surface area contributed by atoms with Gasteiger partial charge in [-0.2, -0.15) is 0 Å². The molecular weight excluding hydrogens is 364 g/mol. The standard InChI is InChI=1S/C20H24N2O4S/c1-15-8-5-6-13-22(15)20(23)16-9-7-10-17(14-16)27(24,25)21-18-11-3-4-12-19(18)26-2/h3-4,7,9-12,14-15,21H,5-6,8,13H2,1-2H3/t15-/m1/s1. The van der Waals surface area contributed by atoms with Crippen LogP contribution >= 0.6 is 0 Å². The molecule has 1 amide bonds. The molecule has 2 aromatic carbocycles. The zero-order chi connectivity index (χ0) is 19.4. The van der Waals surface area contributed by atoms with Crippen molar-refractivity contribution in [1.82, 2.24) is 4.90 Å². The lowest BCUT2D eigenvalue weighted by atomic mass is 10.0. The van der Waals surface area contributed by atoms with Crippen LogP contribution in [0.25, 0.3) is 0 Å². The quantitative estimate of drug-likeness (QED) is 0.850. The SMILES string of the molecule is COc1ccccc1NS(=O)(=O)c1cccc(C(=O)N2CCCC[C@H]2C)c1. The molecule has 1 aliphatic rings. The fourth-order valence-corrected chi connectivity index (χ4v) is 4.41. The van der Waals surface area contributed by atoms with Crippen molar-refractivity contribution in [3.8, 4) is 5.75 Å². The summed E-state index contributed by atoms with van der Waals surface area (Å²) in [5.41, 5.74) is 0.730. The Bertz CT molecular complexity index is 927. The molecule has 0 aliphatic carbocycles. The number of rotatable bonds is 5. The van der Waals surface area contributed by atoms with Crippen molar-refractivity contribution in [3.63, 3.8) is 0 Å². The third kappa shape index (κ3) is 4.24. The number of carbonyl (C=O) groups is 1. The van der Waals surface area contributed by atoms with Gasteiger partial charge in [0.2, 0.25) is 0 Å². The topological polar surface area (TPSA) is 75.7 Å². The number of hydrogen-bond acceptors (Lipinski definition) is 4. The van der Waals surface area contributed by atoms with Gasteiger partial charge >= 0.3 is 0 Å². The van der Waals surface area contributed by atoms with Crippen molar-refractivity contribution in [1.29, 1.82) is 0 Å². The Labute approximate surface area is 160 Å². The van der Waals surface area contributed by atoms with Crippen LogP contribution in [0, 0.1) is 0 Å². The van der Waals surface area contributed by atoms with E-state index in [1.165, 1.54) is 19.2 Å². The number of anilines is 1. The molecule has 1 heterocycles. The third-order valence-corrected chi connectivity index (χ3v) is 6.17. The molecule has 2 aromatic rings. The Morgan fingerprint density at radius 3 is 2.67 bits per heavy atom. The molecule has 1 aliphatic heterocycles. The van der Waals surface area contributed by atoms with Crippen LogP contribution in [-0.2, 0) is 10.0 Å². The number of ether oxygens (including phenoxy) is 1. The minimum Gasteiger partial charge on any atom is -0.495 e. The van der Waals surface area contributed by atoms with Crippen LogP contribution in [0.5, 0.6) is 5.75 Å². The van der Waals surface area contributed by atoms with Gasteiger partial charge in [0.15, 0.2) is 0 Å². The van der Waals surface area contributed by atoms with Crippen LogP contribution in [0.4, 0.5) is 5.69 Å². The van der Waals surface area contributed by atoms with Gasteiger partial charge in [-0.15, -0.1) is 0 Å². The van der Waals surface area contributed by atoms with E-state index in [1.807, 2.05) is 11.8 Å². The van der Waals surface area contributed by atoms with Gasteiger partial charge in [0.05, 0.1) is 17.7 Å². The van der Waals surface area contributed by atoms with Gasteiger partial charge in [0, 0.05) is 18.2 Å². The fraction of sp³-hybridized carbons (Fsp3) is 0.350. The number of amides is 1. The van der Waals surface area contributed by atoms with Gasteiger partial charge in [0.1, 0.15) is 5.75 Å². The first kappa shape index (κ1) is 19.2. The lowest BCUT2D eigenvalue weighted by Gasteiger charge is -2.33. The molecular formula is C20H24N2O4S. The van der Waals surface area contributed by atoms with Crippen LogP contribution in [-0.4, -0.2) is 38.9 Å². The molecule has 1 N–H and O–H groups in total. The molecule has 1 atom stereocenters. The average molecular weight is 388 g/mol. The summed E-state index contributed by atoms with van der Waals surface area (Å²) in [6.07, 6.45) is 3.06. The van der Waals surface area contributed by atoms with Crippen molar-refractivity contribution in [3.05, 3.63) is 54.1 Å². The smallest absolute Gasteiger partial charge is 0.262 e. The van der Waals surface area contributed by atoms with E-state index in [1.54, 1.807) is 36.4 Å². The van der Waals surface area contributed by atoms with Gasteiger partial charge in [-0.05, 0) is 56.5 Å². The second-order valence-corrected chi connectivity index (χ2v) is 8.36. The number of para-hydroxylation sites is 2. The number of sulfonamides is 1. The monoisotopic (exact) mass is 388 g/mol. The van der Waals surface area contributed by atoms with E-state index >= 15 is 0 Å². The molecule has 1 fully saturated rings. The summed E-state index contributed by atoms with van der Waals surface area (Å²) in [4.78, 5) is 14.7. The summed E-state index contributed by atoms with van der Waals surface area (Å²) in [6, 6.07) is 13.1. The molecule has 6 nitrogen and oxygen atoms in total. The number of benzene rings is 2. The number of hydrogen-bond donors (Lipinski definition) is 1. The minimum absolute atomic E-state index is 0.0453. The summed E-state index contributed by atoms with van der Waals surface area (Å²) in [6.45, 7) is 2.73. The van der Waals surface area contributed by atoms with Crippen LogP contribution in [0.1, 0.15) is 36.5 Å². The van der Waals surface area contributed by atoms with Crippen LogP contribution in [0.3, 0.4) is 0 Å². The normalized spacial score (nSPS) is 17.4. The number of methoxy groups -OCH3 is 1. The summed E-state index contributed by atoms with van der Waals surface area (Å²) >= 11 is 0. The van der Waals surface area contributed by atoms with Gasteiger partial charge in [0.25, 0.3) is 15.9 Å². The largest absolute Gasteiger partial charge is 0.495 e. The fourth-order valence-electron chi connectivity index (χ4n) is 3.29. The van der Waals surface area contributed by atoms with E-state index in [-0.39, 0.29) is 16.8 Å². The molecule has 0 saturated carbocycles. The zero-order valence-electron chi connectivity index (χ0n) is 15.5. The van der Waals surface area contributed by atoms with Gasteiger partial charge in [-0.25, -0.2) is 8.42 Å². The maximum atomic E-state index is 12.8. The highest BCUT2D eigenvalue weighted by atomic mass is 32.2. The van der Waals surface area contributed by atoms with Crippen molar-refractivity contribution in [2.75, 3.05) is 18.4 Å². The van der Waals surface area contributed by atoms with Crippen molar-refractivity contribution in [2.24, 2.45) is 0 Å². The molecule has 144 valence electrons. The number of carbonyl (C=O) groups excluding carboxylic acids is 1. The lowest BCUT2D eigenvalue weighted by Crippen LogP contribution is -2.42. The van der Waals surface area contributed by atoms with Gasteiger partial charge in [-0.3, -0.25) is 9.52 Å². The van der Waals surface area contributed by atoms with Gasteiger partial charge in [-0.1, -0.05) is 18.2 Å². The maximum Gasteiger partial charge on any atom is 0.262 e. The van der Waals surface area contributed by atoms with E-state index in [9.17, 15) is 13.2 Å². The molecule has 0 aromatic heterocycles. The van der Waals surface area contributed by atoms with E-state index in [4.69, 9.17) is 4.74 Å². The molecule has 27 heavy (non-hydrogen) atoms. The molecule has 0 bridgehead atoms. The van der Waals surface area contributed by atoms with E-state index < -0.39 is 10.0 Å². The highest BCUT2D eigenvalue weighted by Crippen LogP contribution is 2.27. The number of nitrogens with one attached hydrogen (secondary N) is 1. The highest BCUT2D eigenvalue weighted by Gasteiger charge is 2.25. The Morgan fingerprint density at radius 1 is 1.15 bits per heavy atom. The summed E-state index contributed by atoms with van der Waals surface area (Å²) in [7, 11) is -2.37. The molecule has 0 unspecified atom stereocenters. The number of piperidine rings is 1. The predicted molar refractivity (Wildman–Crippen MR) is 105 cm³/mol. The second kappa shape index (κ2) is 8.00. The van der Waals surface area contributed by atoms with Crippen molar-refractivity contribution >= 4 is 21.6 Å². The minimum atomic E-state index is -3.85. The average Bonchev–Trinajstić information content (AvgIpc) is 2.68. The maximum absolute atomic E-state index is 12.8. The van der Waals surface area contributed by atoms with E-state index in [2.05, 4.69) is 4.72 Å². The Morgan fingerprint density at radius 2 is 1.93 bits per heavy atom. The van der Waals surface area contributed by atoms with Crippen LogP contribution in [0.15, 0.2) is 53.4 Å². The van der Waals surface area contributed by atoms with Crippen molar-refractivity contribution < 1.29 is 17.9 Å². The molecule has 1 saturated heterocycles. The molecule has 0 radical (unpaired) electrons. The lowest BCUT2D eigenvalue weighted by molar-refractivity contribution is 0.0635. The Kier molecular flexibility index (Phi) is 5.70. The first-order valence-electron chi connectivity index (χ1n) is 8.99. The number of nitrogens with zero attached hydrogens (tertiary/aromatic N) is 1. The Balaban J connectivity index is 1.86. The summed E-state index contributed by atoms with van der Waals surface area (Å²) in [5.74, 6) is 0.298. The molecule has 0 spiro atoms. The summed E-state index contributed by atoms with van der Waals surface area (Å²) in [5, 5.41) is 0. The highest BCUT2D eigenvalue weighted by molar-refractivity contribution is 7.92. The first-order chi connectivity index (χ1) is 12.9.